The van der Waals surface area contributed by atoms with Crippen molar-refractivity contribution < 1.29 is 14.3 Å². The zero-order valence-corrected chi connectivity index (χ0v) is 20.0. The fraction of sp³-hybridized carbons (Fsp3) is 0.310. The van der Waals surface area contributed by atoms with Gasteiger partial charge in [-0.1, -0.05) is 60.2 Å². The van der Waals surface area contributed by atoms with Gasteiger partial charge in [0, 0.05) is 17.5 Å². The van der Waals surface area contributed by atoms with E-state index >= 15 is 0 Å². The number of imidazole rings is 1. The van der Waals surface area contributed by atoms with Gasteiger partial charge in [0.2, 0.25) is 0 Å². The van der Waals surface area contributed by atoms with E-state index in [1.54, 1.807) is 0 Å². The Hall–Kier alpha value is -3.60. The second kappa shape index (κ2) is 11.5. The van der Waals surface area contributed by atoms with Gasteiger partial charge < -0.3 is 14.0 Å². The van der Waals surface area contributed by atoms with Crippen molar-refractivity contribution in [1.29, 1.82) is 0 Å². The lowest BCUT2D eigenvalue weighted by atomic mass is 10.1. The minimum absolute atomic E-state index is 0.120. The second-order valence-electron chi connectivity index (χ2n) is 8.45. The Morgan fingerprint density at radius 3 is 2.50 bits per heavy atom. The predicted molar refractivity (Wildman–Crippen MR) is 136 cm³/mol. The molecule has 0 atom stereocenters. The molecule has 0 aliphatic heterocycles. The molecule has 4 aromatic rings. The van der Waals surface area contributed by atoms with Crippen LogP contribution >= 0.6 is 0 Å². The number of aromatic nitrogens is 2. The van der Waals surface area contributed by atoms with E-state index in [2.05, 4.69) is 60.0 Å². The van der Waals surface area contributed by atoms with Crippen molar-refractivity contribution >= 4 is 17.0 Å². The first kappa shape index (κ1) is 23.6. The third-order valence-electron chi connectivity index (χ3n) is 5.85. The van der Waals surface area contributed by atoms with Crippen LogP contribution in [0.1, 0.15) is 43.7 Å². The molecule has 176 valence electrons. The summed E-state index contributed by atoms with van der Waals surface area (Å²) in [7, 11) is 0. The quantitative estimate of drug-likeness (QED) is 0.189. The molecule has 0 aliphatic rings. The lowest BCUT2D eigenvalue weighted by Gasteiger charge is -2.14. The molecule has 0 aliphatic carbocycles. The van der Waals surface area contributed by atoms with Gasteiger partial charge in [0.25, 0.3) is 0 Å². The van der Waals surface area contributed by atoms with Gasteiger partial charge in [0.05, 0.1) is 30.8 Å². The molecule has 34 heavy (non-hydrogen) atoms. The van der Waals surface area contributed by atoms with Crippen LogP contribution < -0.4 is 4.74 Å². The highest BCUT2D eigenvalue weighted by Crippen LogP contribution is 2.28. The van der Waals surface area contributed by atoms with Crippen molar-refractivity contribution in [2.24, 2.45) is 0 Å². The van der Waals surface area contributed by atoms with Crippen LogP contribution in [0, 0.1) is 6.92 Å². The molecule has 4 rings (SSSR count). The van der Waals surface area contributed by atoms with E-state index in [0.29, 0.717) is 26.2 Å². The Balaban J connectivity index is 1.48. The van der Waals surface area contributed by atoms with Gasteiger partial charge in [-0.3, -0.25) is 4.79 Å². The van der Waals surface area contributed by atoms with Crippen LogP contribution in [0.2, 0.25) is 0 Å². The number of rotatable bonds is 11. The van der Waals surface area contributed by atoms with Crippen LogP contribution in [0.15, 0.2) is 72.8 Å². The van der Waals surface area contributed by atoms with Gasteiger partial charge in [-0.15, -0.1) is 0 Å². The number of esters is 1. The van der Waals surface area contributed by atoms with Crippen LogP contribution in [0.4, 0.5) is 0 Å². The van der Waals surface area contributed by atoms with E-state index in [4.69, 9.17) is 14.5 Å². The second-order valence-corrected chi connectivity index (χ2v) is 8.45. The van der Waals surface area contributed by atoms with Crippen LogP contribution in [-0.2, 0) is 16.1 Å². The van der Waals surface area contributed by atoms with E-state index in [1.165, 1.54) is 5.56 Å². The third kappa shape index (κ3) is 5.84. The van der Waals surface area contributed by atoms with Crippen molar-refractivity contribution in [3.8, 4) is 17.1 Å². The van der Waals surface area contributed by atoms with Gasteiger partial charge in [-0.05, 0) is 51.3 Å². The number of fused-ring (bicyclic) bond motifs is 1. The first-order chi connectivity index (χ1) is 16.7. The highest BCUT2D eigenvalue weighted by atomic mass is 16.5. The van der Waals surface area contributed by atoms with Crippen LogP contribution in [0.5, 0.6) is 5.75 Å². The predicted octanol–water partition coefficient (Wildman–Crippen LogP) is 6.56. The number of carbonyl (C=O) groups is 1. The number of hydrogen-bond acceptors (Lipinski definition) is 4. The van der Waals surface area contributed by atoms with Gasteiger partial charge >= 0.3 is 5.97 Å². The summed E-state index contributed by atoms with van der Waals surface area (Å²) in [6.45, 7) is 5.66. The average Bonchev–Trinajstić information content (AvgIpc) is 3.21. The zero-order valence-electron chi connectivity index (χ0n) is 20.0. The smallest absolute Gasteiger partial charge is 0.305 e. The molecular weight excluding hydrogens is 424 g/mol. The molecular formula is C29H32N2O3. The van der Waals surface area contributed by atoms with Crippen molar-refractivity contribution in [3.05, 3.63) is 83.9 Å². The van der Waals surface area contributed by atoms with Crippen molar-refractivity contribution in [2.45, 2.75) is 46.1 Å². The summed E-state index contributed by atoms with van der Waals surface area (Å²) in [4.78, 5) is 16.4. The fourth-order valence-electron chi connectivity index (χ4n) is 4.07. The molecule has 5 heteroatoms. The summed E-state index contributed by atoms with van der Waals surface area (Å²) in [5.41, 5.74) is 5.53. The molecule has 0 N–H and O–H groups in total. The number of unbranched alkanes of at least 4 members (excludes halogenated alkanes) is 2. The van der Waals surface area contributed by atoms with Gasteiger partial charge in [0.15, 0.2) is 0 Å². The topological polar surface area (TPSA) is 53.4 Å². The average molecular weight is 457 g/mol. The summed E-state index contributed by atoms with van der Waals surface area (Å²) < 4.78 is 13.4. The van der Waals surface area contributed by atoms with E-state index < -0.39 is 0 Å². The summed E-state index contributed by atoms with van der Waals surface area (Å²) in [5, 5.41) is 0. The molecule has 0 bridgehead atoms. The monoisotopic (exact) mass is 456 g/mol. The molecule has 0 saturated heterocycles. The molecule has 5 nitrogen and oxygen atoms in total. The minimum Gasteiger partial charge on any atom is -0.493 e. The Bertz CT molecular complexity index is 1230. The summed E-state index contributed by atoms with van der Waals surface area (Å²) in [6.07, 6.45) is 3.13. The van der Waals surface area contributed by atoms with Crippen molar-refractivity contribution in [3.63, 3.8) is 0 Å². The maximum absolute atomic E-state index is 11.5. The van der Waals surface area contributed by atoms with Gasteiger partial charge in [-0.25, -0.2) is 4.98 Å². The molecule has 1 aromatic heterocycles. The third-order valence-corrected chi connectivity index (χ3v) is 5.85. The maximum Gasteiger partial charge on any atom is 0.305 e. The van der Waals surface area contributed by atoms with E-state index in [1.807, 2.05) is 31.2 Å². The normalized spacial score (nSPS) is 11.0. The highest BCUT2D eigenvalue weighted by Gasteiger charge is 2.14. The number of benzene rings is 3. The SMILES string of the molecule is CCOC(=O)CCCCCOc1ccccc1Cn1c(-c2ccc(C)cc2)nc2ccccc21. The lowest BCUT2D eigenvalue weighted by Crippen LogP contribution is -2.06. The Labute approximate surface area is 201 Å². The molecule has 0 radical (unpaired) electrons. The molecule has 0 amide bonds. The minimum atomic E-state index is -0.120. The molecule has 0 unspecified atom stereocenters. The largest absolute Gasteiger partial charge is 0.493 e. The summed E-state index contributed by atoms with van der Waals surface area (Å²) in [5.74, 6) is 1.72. The molecule has 0 fully saturated rings. The summed E-state index contributed by atoms with van der Waals surface area (Å²) >= 11 is 0. The Morgan fingerprint density at radius 1 is 0.912 bits per heavy atom. The Kier molecular flexibility index (Phi) is 7.97. The molecule has 0 saturated carbocycles. The van der Waals surface area contributed by atoms with E-state index in [-0.39, 0.29) is 5.97 Å². The summed E-state index contributed by atoms with van der Waals surface area (Å²) in [6, 6.07) is 25.0. The Morgan fingerprint density at radius 2 is 1.68 bits per heavy atom. The van der Waals surface area contributed by atoms with Crippen LogP contribution in [-0.4, -0.2) is 28.7 Å². The highest BCUT2D eigenvalue weighted by molar-refractivity contribution is 5.80. The standard InChI is InChI=1S/C29H32N2O3/c1-3-33-28(32)15-5-4-10-20-34-27-14-9-6-11-24(27)21-31-26-13-8-7-12-25(26)30-29(31)23-18-16-22(2)17-19-23/h6-9,11-14,16-19H,3-5,10,15,20-21H2,1-2H3. The van der Waals surface area contributed by atoms with Crippen LogP contribution in [0.25, 0.3) is 22.4 Å². The molecule has 1 heterocycles. The lowest BCUT2D eigenvalue weighted by molar-refractivity contribution is -0.143. The first-order valence-corrected chi connectivity index (χ1v) is 12.0. The van der Waals surface area contributed by atoms with Crippen molar-refractivity contribution in [2.75, 3.05) is 13.2 Å². The zero-order chi connectivity index (χ0) is 23.8. The van der Waals surface area contributed by atoms with E-state index in [9.17, 15) is 4.79 Å². The first-order valence-electron chi connectivity index (χ1n) is 12.0. The van der Waals surface area contributed by atoms with Crippen LogP contribution in [0.3, 0.4) is 0 Å². The van der Waals surface area contributed by atoms with Gasteiger partial charge in [-0.2, -0.15) is 0 Å². The van der Waals surface area contributed by atoms with E-state index in [0.717, 1.165) is 53.0 Å². The van der Waals surface area contributed by atoms with Gasteiger partial charge in [0.1, 0.15) is 11.6 Å². The number of aryl methyl sites for hydroxylation is 1. The van der Waals surface area contributed by atoms with Crippen molar-refractivity contribution in [1.82, 2.24) is 9.55 Å². The molecule has 0 spiro atoms. The number of hydrogen-bond donors (Lipinski definition) is 0. The number of nitrogens with zero attached hydrogens (tertiary/aromatic N) is 2. The number of ether oxygens (including phenoxy) is 2. The maximum atomic E-state index is 11.5. The fourth-order valence-corrected chi connectivity index (χ4v) is 4.07. The molecule has 3 aromatic carbocycles. The number of carbonyl (C=O) groups excluding carboxylic acids is 1. The number of para-hydroxylation sites is 3.